The van der Waals surface area contributed by atoms with E-state index in [9.17, 15) is 9.59 Å². The molecule has 0 spiro atoms. The average Bonchev–Trinajstić information content (AvgIpc) is 2.83. The third-order valence-corrected chi connectivity index (χ3v) is 4.77. The second-order valence-corrected chi connectivity index (χ2v) is 6.14. The Bertz CT molecular complexity index is 959. The Labute approximate surface area is 141 Å². The first kappa shape index (κ1) is 15.9. The Balaban J connectivity index is 1.89. The van der Waals surface area contributed by atoms with Crippen molar-refractivity contribution in [3.05, 3.63) is 57.5 Å². The van der Waals surface area contributed by atoms with Crippen molar-refractivity contribution in [2.75, 3.05) is 5.32 Å². The second-order valence-electron chi connectivity index (χ2n) is 5.17. The number of nitrogens with two attached hydrogens (primary N) is 1. The summed E-state index contributed by atoms with van der Waals surface area (Å²) in [7, 11) is 1.73. The molecule has 0 radical (unpaired) electrons. The highest BCUT2D eigenvalue weighted by molar-refractivity contribution is 7.13. The maximum Gasteiger partial charge on any atom is 0.307 e. The Morgan fingerprint density at radius 2 is 1.96 bits per heavy atom. The van der Waals surface area contributed by atoms with Crippen LogP contribution in [0, 0.1) is 6.92 Å². The van der Waals surface area contributed by atoms with Gasteiger partial charge in [-0.05, 0) is 37.3 Å². The van der Waals surface area contributed by atoms with Crippen molar-refractivity contribution in [1.82, 2.24) is 14.5 Å². The minimum Gasteiger partial charge on any atom is -0.366 e. The molecule has 2 heterocycles. The van der Waals surface area contributed by atoms with Crippen LogP contribution in [0.5, 0.6) is 0 Å². The summed E-state index contributed by atoms with van der Waals surface area (Å²) < 4.78 is 1.60. The smallest absolute Gasteiger partial charge is 0.307 e. The van der Waals surface area contributed by atoms with Gasteiger partial charge in [0.1, 0.15) is 0 Å². The fourth-order valence-electron chi connectivity index (χ4n) is 2.15. The molecule has 122 valence electrons. The molecule has 3 aromatic rings. The number of nitrogens with one attached hydrogen (secondary N) is 1. The topological polar surface area (TPSA) is 103 Å². The molecular formula is C16H15N5O2S. The molecule has 0 fully saturated rings. The third-order valence-electron chi connectivity index (χ3n) is 3.61. The van der Waals surface area contributed by atoms with E-state index >= 15 is 0 Å². The molecule has 0 aliphatic carbocycles. The number of thiazole rings is 1. The van der Waals surface area contributed by atoms with Crippen LogP contribution in [0.1, 0.15) is 16.1 Å². The molecular weight excluding hydrogens is 326 g/mol. The maximum absolute atomic E-state index is 11.8. The highest BCUT2D eigenvalue weighted by atomic mass is 32.1. The quantitative estimate of drug-likeness (QED) is 0.756. The van der Waals surface area contributed by atoms with Gasteiger partial charge in [-0.2, -0.15) is 0 Å². The van der Waals surface area contributed by atoms with Crippen molar-refractivity contribution >= 4 is 28.9 Å². The van der Waals surface area contributed by atoms with Crippen molar-refractivity contribution in [3.63, 3.8) is 0 Å². The van der Waals surface area contributed by atoms with E-state index in [0.29, 0.717) is 17.2 Å². The molecule has 0 unspecified atom stereocenters. The number of anilines is 2. The summed E-state index contributed by atoms with van der Waals surface area (Å²) >= 11 is 1.15. The van der Waals surface area contributed by atoms with Crippen LogP contribution < -0.4 is 15.9 Å². The predicted molar refractivity (Wildman–Crippen MR) is 93.6 cm³/mol. The van der Waals surface area contributed by atoms with E-state index in [0.717, 1.165) is 27.6 Å². The molecule has 3 N–H and O–H groups in total. The van der Waals surface area contributed by atoms with Crippen molar-refractivity contribution in [2.45, 2.75) is 6.92 Å². The van der Waals surface area contributed by atoms with Crippen LogP contribution in [0.15, 0.2) is 41.3 Å². The van der Waals surface area contributed by atoms with Crippen LogP contribution in [-0.4, -0.2) is 20.4 Å². The molecule has 1 amide bonds. The standard InChI is InChI=1S/C16H15N5O2S/c1-9-13(24-16(23)21(9)2)12-7-8-18-15(20-12)19-11-5-3-10(4-6-11)14(17)22/h3-8H,1-2H3,(H2,17,22)(H,18,19,20). The van der Waals surface area contributed by atoms with Crippen LogP contribution in [-0.2, 0) is 7.05 Å². The molecule has 0 aliphatic heterocycles. The highest BCUT2D eigenvalue weighted by Crippen LogP contribution is 2.25. The van der Waals surface area contributed by atoms with Crippen LogP contribution in [0.4, 0.5) is 11.6 Å². The number of nitrogens with zero attached hydrogens (tertiary/aromatic N) is 3. The van der Waals surface area contributed by atoms with Crippen molar-refractivity contribution in [1.29, 1.82) is 0 Å². The molecule has 0 atom stereocenters. The molecule has 8 heteroatoms. The van der Waals surface area contributed by atoms with Gasteiger partial charge in [0.25, 0.3) is 0 Å². The first-order valence-corrected chi connectivity index (χ1v) is 7.94. The Kier molecular flexibility index (Phi) is 4.13. The second kappa shape index (κ2) is 6.25. The molecule has 7 nitrogen and oxygen atoms in total. The van der Waals surface area contributed by atoms with Gasteiger partial charge in [-0.15, -0.1) is 0 Å². The van der Waals surface area contributed by atoms with Gasteiger partial charge in [-0.25, -0.2) is 9.97 Å². The number of carbonyl (C=O) groups excluding carboxylic acids is 1. The van der Waals surface area contributed by atoms with Crippen LogP contribution >= 0.6 is 11.3 Å². The first-order valence-electron chi connectivity index (χ1n) is 7.12. The summed E-state index contributed by atoms with van der Waals surface area (Å²) in [5.41, 5.74) is 7.92. The molecule has 3 rings (SSSR count). The van der Waals surface area contributed by atoms with E-state index in [-0.39, 0.29) is 4.87 Å². The maximum atomic E-state index is 11.8. The summed E-state index contributed by atoms with van der Waals surface area (Å²) in [5, 5.41) is 3.07. The number of benzene rings is 1. The summed E-state index contributed by atoms with van der Waals surface area (Å²) in [6.45, 7) is 1.88. The molecule has 2 aromatic heterocycles. The first-order chi connectivity index (χ1) is 11.5. The number of rotatable bonds is 4. The van der Waals surface area contributed by atoms with Gasteiger partial charge in [0, 0.05) is 30.2 Å². The predicted octanol–water partition coefficient (Wildman–Crippen LogP) is 2.05. The SMILES string of the molecule is Cc1c(-c2ccnc(Nc3ccc(C(N)=O)cc3)n2)sc(=O)n1C. The highest BCUT2D eigenvalue weighted by Gasteiger charge is 2.12. The number of primary amides is 1. The van der Waals surface area contributed by atoms with Crippen LogP contribution in [0.3, 0.4) is 0 Å². The van der Waals surface area contributed by atoms with E-state index in [1.54, 1.807) is 48.1 Å². The molecule has 24 heavy (non-hydrogen) atoms. The Morgan fingerprint density at radius 3 is 2.54 bits per heavy atom. The minimum absolute atomic E-state index is 0.0299. The summed E-state index contributed by atoms with van der Waals surface area (Å²) in [4.78, 5) is 32.3. The summed E-state index contributed by atoms with van der Waals surface area (Å²) in [6, 6.07) is 8.47. The molecule has 0 saturated heterocycles. The molecule has 0 bridgehead atoms. The van der Waals surface area contributed by atoms with Crippen molar-refractivity contribution < 1.29 is 4.79 Å². The fraction of sp³-hybridized carbons (Fsp3) is 0.125. The van der Waals surface area contributed by atoms with Crippen LogP contribution in [0.25, 0.3) is 10.6 Å². The Hall–Kier alpha value is -3.00. The summed E-state index contributed by atoms with van der Waals surface area (Å²) in [5.74, 6) is -0.0727. The lowest BCUT2D eigenvalue weighted by atomic mass is 10.2. The van der Waals surface area contributed by atoms with Gasteiger partial charge in [0.2, 0.25) is 11.9 Å². The lowest BCUT2D eigenvalue weighted by Gasteiger charge is -2.07. The van der Waals surface area contributed by atoms with Gasteiger partial charge in [-0.3, -0.25) is 9.59 Å². The summed E-state index contributed by atoms with van der Waals surface area (Å²) in [6.07, 6.45) is 1.63. The van der Waals surface area contributed by atoms with E-state index in [1.807, 2.05) is 6.92 Å². The van der Waals surface area contributed by atoms with Gasteiger partial charge in [-0.1, -0.05) is 11.3 Å². The number of hydrogen-bond donors (Lipinski definition) is 2. The van der Waals surface area contributed by atoms with E-state index in [2.05, 4.69) is 15.3 Å². The zero-order chi connectivity index (χ0) is 17.3. The lowest BCUT2D eigenvalue weighted by Crippen LogP contribution is -2.10. The minimum atomic E-state index is -0.478. The van der Waals surface area contributed by atoms with Crippen LogP contribution in [0.2, 0.25) is 0 Å². The van der Waals surface area contributed by atoms with Gasteiger partial charge >= 0.3 is 4.87 Å². The van der Waals surface area contributed by atoms with E-state index < -0.39 is 5.91 Å². The number of carbonyl (C=O) groups is 1. The Morgan fingerprint density at radius 1 is 1.25 bits per heavy atom. The normalized spacial score (nSPS) is 10.6. The van der Waals surface area contributed by atoms with Crippen molar-refractivity contribution in [3.8, 4) is 10.6 Å². The monoisotopic (exact) mass is 341 g/mol. The zero-order valence-electron chi connectivity index (χ0n) is 13.1. The number of hydrogen-bond acceptors (Lipinski definition) is 6. The van der Waals surface area contributed by atoms with Gasteiger partial charge in [0.05, 0.1) is 10.6 Å². The number of amides is 1. The van der Waals surface area contributed by atoms with E-state index in [1.165, 1.54) is 0 Å². The lowest BCUT2D eigenvalue weighted by molar-refractivity contribution is 0.100. The van der Waals surface area contributed by atoms with Crippen molar-refractivity contribution in [2.24, 2.45) is 12.8 Å². The zero-order valence-corrected chi connectivity index (χ0v) is 13.9. The van der Waals surface area contributed by atoms with Gasteiger partial charge in [0.15, 0.2) is 0 Å². The largest absolute Gasteiger partial charge is 0.366 e. The molecule has 0 aliphatic rings. The van der Waals surface area contributed by atoms with Gasteiger partial charge < -0.3 is 15.6 Å². The average molecular weight is 341 g/mol. The molecule has 1 aromatic carbocycles. The third kappa shape index (κ3) is 3.04. The van der Waals surface area contributed by atoms with E-state index in [4.69, 9.17) is 5.73 Å². The fourth-order valence-corrected chi connectivity index (χ4v) is 3.10. The molecule has 0 saturated carbocycles. The number of aromatic nitrogens is 3.